The highest BCUT2D eigenvalue weighted by Gasteiger charge is 2.42. The minimum absolute atomic E-state index is 0.140. The van der Waals surface area contributed by atoms with Crippen molar-refractivity contribution in [2.45, 2.75) is 37.8 Å². The van der Waals surface area contributed by atoms with Crippen molar-refractivity contribution in [2.75, 3.05) is 26.3 Å². The number of allylic oxidation sites excluding steroid dienone is 1. The number of carbonyl (C=O) groups is 1. The van der Waals surface area contributed by atoms with E-state index < -0.39 is 0 Å². The van der Waals surface area contributed by atoms with Crippen LogP contribution in [0.1, 0.15) is 31.2 Å². The van der Waals surface area contributed by atoms with Crippen LogP contribution >= 0.6 is 11.6 Å². The van der Waals surface area contributed by atoms with Gasteiger partial charge in [-0.2, -0.15) is 5.26 Å². The molecule has 2 atom stereocenters. The number of morpholine rings is 1. The SMILES string of the molecule is N#CC(=C1CCN(C(=O)N2C3CCC2COC3)CC1)c1cccc(Cl)c1. The topological polar surface area (TPSA) is 56.6 Å². The number of rotatable bonds is 1. The summed E-state index contributed by atoms with van der Waals surface area (Å²) in [5, 5.41) is 10.3. The summed E-state index contributed by atoms with van der Waals surface area (Å²) in [5.41, 5.74) is 2.68. The molecule has 1 aromatic rings. The quantitative estimate of drug-likeness (QED) is 0.707. The molecule has 136 valence electrons. The molecule has 26 heavy (non-hydrogen) atoms. The van der Waals surface area contributed by atoms with Crippen molar-refractivity contribution < 1.29 is 9.53 Å². The molecular formula is C20H22ClN3O2. The third kappa shape index (κ3) is 3.20. The maximum absolute atomic E-state index is 13.0. The second-order valence-electron chi connectivity index (χ2n) is 7.20. The highest BCUT2D eigenvalue weighted by molar-refractivity contribution is 6.30. The molecule has 3 aliphatic rings. The van der Waals surface area contributed by atoms with E-state index in [4.69, 9.17) is 16.3 Å². The van der Waals surface area contributed by atoms with E-state index in [2.05, 4.69) is 6.07 Å². The average Bonchev–Trinajstić information content (AvgIpc) is 2.91. The molecule has 6 heteroatoms. The van der Waals surface area contributed by atoms with Crippen molar-refractivity contribution in [1.82, 2.24) is 9.80 Å². The third-order valence-electron chi connectivity index (χ3n) is 5.68. The second-order valence-corrected chi connectivity index (χ2v) is 7.64. The van der Waals surface area contributed by atoms with Crippen LogP contribution in [0.2, 0.25) is 5.02 Å². The van der Waals surface area contributed by atoms with E-state index in [1.807, 2.05) is 34.1 Å². The van der Waals surface area contributed by atoms with Gasteiger partial charge in [-0.15, -0.1) is 0 Å². The highest BCUT2D eigenvalue weighted by atomic mass is 35.5. The molecule has 3 fully saturated rings. The fourth-order valence-corrected chi connectivity index (χ4v) is 4.50. The lowest BCUT2D eigenvalue weighted by atomic mass is 9.94. The molecule has 0 spiro atoms. The number of hydrogen-bond acceptors (Lipinski definition) is 3. The van der Waals surface area contributed by atoms with E-state index in [-0.39, 0.29) is 18.1 Å². The molecule has 2 unspecified atom stereocenters. The largest absolute Gasteiger partial charge is 0.377 e. The lowest BCUT2D eigenvalue weighted by molar-refractivity contribution is -0.00247. The Hall–Kier alpha value is -2.03. The van der Waals surface area contributed by atoms with E-state index in [0.717, 1.165) is 36.8 Å². The Morgan fingerprint density at radius 2 is 1.88 bits per heavy atom. The highest BCUT2D eigenvalue weighted by Crippen LogP contribution is 2.32. The van der Waals surface area contributed by atoms with E-state index in [1.165, 1.54) is 0 Å². The number of nitrogens with zero attached hydrogens (tertiary/aromatic N) is 3. The number of nitriles is 1. The predicted octanol–water partition coefficient (Wildman–Crippen LogP) is 3.70. The van der Waals surface area contributed by atoms with Gasteiger partial charge in [0, 0.05) is 18.1 Å². The van der Waals surface area contributed by atoms with Crippen molar-refractivity contribution in [3.8, 4) is 6.07 Å². The Kier molecular flexibility index (Phi) is 4.88. The van der Waals surface area contributed by atoms with Gasteiger partial charge in [-0.25, -0.2) is 4.79 Å². The first-order valence-corrected chi connectivity index (χ1v) is 9.58. The molecule has 3 aliphatic heterocycles. The molecule has 5 nitrogen and oxygen atoms in total. The van der Waals surface area contributed by atoms with Crippen molar-refractivity contribution in [3.63, 3.8) is 0 Å². The number of carbonyl (C=O) groups excluding carboxylic acids is 1. The van der Waals surface area contributed by atoms with Crippen molar-refractivity contribution in [1.29, 1.82) is 5.26 Å². The maximum Gasteiger partial charge on any atom is 0.320 e. The van der Waals surface area contributed by atoms with Gasteiger partial charge in [0.15, 0.2) is 0 Å². The standard InChI is InChI=1S/C20H22ClN3O2/c21-16-3-1-2-15(10-16)19(11-22)14-6-8-23(9-7-14)20(25)24-17-4-5-18(24)13-26-12-17/h1-3,10,17-18H,4-9,12-13H2. The zero-order valence-corrected chi connectivity index (χ0v) is 15.4. The summed E-state index contributed by atoms with van der Waals surface area (Å²) in [6, 6.07) is 10.4. The minimum Gasteiger partial charge on any atom is -0.377 e. The molecule has 0 saturated carbocycles. The van der Waals surface area contributed by atoms with Crippen LogP contribution in [0.5, 0.6) is 0 Å². The van der Waals surface area contributed by atoms with Gasteiger partial charge in [0.2, 0.25) is 0 Å². The Morgan fingerprint density at radius 3 is 2.50 bits per heavy atom. The van der Waals surface area contributed by atoms with Crippen LogP contribution in [0.4, 0.5) is 4.79 Å². The monoisotopic (exact) mass is 371 g/mol. The Balaban J connectivity index is 1.47. The van der Waals surface area contributed by atoms with Crippen molar-refractivity contribution in [2.24, 2.45) is 0 Å². The van der Waals surface area contributed by atoms with Crippen LogP contribution in [-0.4, -0.2) is 54.2 Å². The molecule has 3 heterocycles. The second kappa shape index (κ2) is 7.30. The number of halogens is 1. The summed E-state index contributed by atoms with van der Waals surface area (Å²) in [5.74, 6) is 0. The number of amides is 2. The molecule has 0 aromatic heterocycles. The molecule has 1 aromatic carbocycles. The molecule has 0 aliphatic carbocycles. The zero-order valence-electron chi connectivity index (χ0n) is 14.7. The van der Waals surface area contributed by atoms with Crippen LogP contribution < -0.4 is 0 Å². The van der Waals surface area contributed by atoms with Crippen molar-refractivity contribution >= 4 is 23.2 Å². The fourth-order valence-electron chi connectivity index (χ4n) is 4.31. The van der Waals surface area contributed by atoms with Crippen LogP contribution in [0, 0.1) is 11.3 Å². The van der Waals surface area contributed by atoms with E-state index in [0.29, 0.717) is 36.9 Å². The van der Waals surface area contributed by atoms with E-state index in [9.17, 15) is 10.1 Å². The number of piperidine rings is 1. The Labute approximate surface area is 158 Å². The molecule has 2 amide bonds. The van der Waals surface area contributed by atoms with Gasteiger partial charge < -0.3 is 14.5 Å². The van der Waals surface area contributed by atoms with E-state index >= 15 is 0 Å². The minimum atomic E-state index is 0.140. The van der Waals surface area contributed by atoms with Gasteiger partial charge in [-0.1, -0.05) is 23.7 Å². The van der Waals surface area contributed by atoms with Crippen LogP contribution in [0.3, 0.4) is 0 Å². The molecule has 2 bridgehead atoms. The maximum atomic E-state index is 13.0. The lowest BCUT2D eigenvalue weighted by Gasteiger charge is -2.40. The van der Waals surface area contributed by atoms with Gasteiger partial charge >= 0.3 is 6.03 Å². The van der Waals surface area contributed by atoms with Gasteiger partial charge in [-0.3, -0.25) is 0 Å². The molecule has 3 saturated heterocycles. The summed E-state index contributed by atoms with van der Waals surface area (Å²) >= 11 is 6.07. The first kappa shape index (κ1) is 17.4. The first-order valence-electron chi connectivity index (χ1n) is 9.20. The average molecular weight is 372 g/mol. The fraction of sp³-hybridized carbons (Fsp3) is 0.500. The summed E-state index contributed by atoms with van der Waals surface area (Å²) in [6.45, 7) is 2.65. The summed E-state index contributed by atoms with van der Waals surface area (Å²) in [6.07, 6.45) is 3.56. The number of hydrogen-bond donors (Lipinski definition) is 0. The molecule has 0 N–H and O–H groups in total. The van der Waals surface area contributed by atoms with Crippen LogP contribution in [-0.2, 0) is 4.74 Å². The normalized spacial score (nSPS) is 25.2. The number of likely N-dealkylation sites (tertiary alicyclic amines) is 1. The number of urea groups is 1. The summed E-state index contributed by atoms with van der Waals surface area (Å²) < 4.78 is 5.58. The summed E-state index contributed by atoms with van der Waals surface area (Å²) in [7, 11) is 0. The molecular weight excluding hydrogens is 350 g/mol. The Morgan fingerprint density at radius 1 is 1.19 bits per heavy atom. The van der Waals surface area contributed by atoms with Crippen molar-refractivity contribution in [3.05, 3.63) is 40.4 Å². The summed E-state index contributed by atoms with van der Waals surface area (Å²) in [4.78, 5) is 17.0. The van der Waals surface area contributed by atoms with E-state index in [1.54, 1.807) is 0 Å². The van der Waals surface area contributed by atoms with Gasteiger partial charge in [0.1, 0.15) is 0 Å². The molecule has 0 radical (unpaired) electrons. The van der Waals surface area contributed by atoms with Gasteiger partial charge in [-0.05, 0) is 49.0 Å². The third-order valence-corrected chi connectivity index (χ3v) is 5.91. The molecule has 4 rings (SSSR count). The Bertz CT molecular complexity index is 760. The predicted molar refractivity (Wildman–Crippen MR) is 99.7 cm³/mol. The number of ether oxygens (including phenoxy) is 1. The van der Waals surface area contributed by atoms with Crippen LogP contribution in [0.15, 0.2) is 29.8 Å². The zero-order chi connectivity index (χ0) is 18.1. The number of benzene rings is 1. The lowest BCUT2D eigenvalue weighted by Crippen LogP contribution is -2.55. The smallest absolute Gasteiger partial charge is 0.320 e. The van der Waals surface area contributed by atoms with Crippen LogP contribution in [0.25, 0.3) is 5.57 Å². The van der Waals surface area contributed by atoms with Gasteiger partial charge in [0.25, 0.3) is 0 Å². The number of fused-ring (bicyclic) bond motifs is 2. The first-order chi connectivity index (χ1) is 12.7. The van der Waals surface area contributed by atoms with Gasteiger partial charge in [0.05, 0.1) is 36.9 Å².